The van der Waals surface area contributed by atoms with Crippen LogP contribution in [0.5, 0.6) is 0 Å². The van der Waals surface area contributed by atoms with Gasteiger partial charge in [0.2, 0.25) is 0 Å². The molecule has 3 unspecified atom stereocenters. The van der Waals surface area contributed by atoms with E-state index in [1.807, 2.05) is 6.20 Å². The van der Waals surface area contributed by atoms with Gasteiger partial charge in [-0.05, 0) is 71.6 Å². The summed E-state index contributed by atoms with van der Waals surface area (Å²) in [4.78, 5) is 4.38. The van der Waals surface area contributed by atoms with Gasteiger partial charge in [-0.1, -0.05) is 6.42 Å². The van der Waals surface area contributed by atoms with Gasteiger partial charge in [-0.15, -0.1) is 0 Å². The van der Waals surface area contributed by atoms with E-state index in [2.05, 4.69) is 38.4 Å². The Balaban J connectivity index is 1.45. The van der Waals surface area contributed by atoms with Crippen molar-refractivity contribution in [2.75, 3.05) is 6.54 Å². The highest BCUT2D eigenvalue weighted by atomic mass is 79.9. The Bertz CT molecular complexity index is 376. The molecule has 1 aromatic heterocycles. The molecule has 0 radical (unpaired) electrons. The molecular weight excluding hydrogens is 276 g/mol. The molecule has 2 saturated carbocycles. The van der Waals surface area contributed by atoms with Gasteiger partial charge in [0, 0.05) is 17.2 Å². The number of halogens is 1. The van der Waals surface area contributed by atoms with Gasteiger partial charge in [0.15, 0.2) is 0 Å². The molecule has 0 aliphatic heterocycles. The van der Waals surface area contributed by atoms with Crippen molar-refractivity contribution in [3.63, 3.8) is 0 Å². The molecule has 0 spiro atoms. The summed E-state index contributed by atoms with van der Waals surface area (Å²) in [5, 5.41) is 3.57. The second-order valence-electron chi connectivity index (χ2n) is 5.53. The number of hydrogen-bond donors (Lipinski definition) is 1. The SMILES string of the molecule is Brc1ccc(CNCC2CC3CCC2C3)nc1. The van der Waals surface area contributed by atoms with Crippen molar-refractivity contribution < 1.29 is 0 Å². The van der Waals surface area contributed by atoms with Gasteiger partial charge in [0.25, 0.3) is 0 Å². The molecule has 2 nitrogen and oxygen atoms in total. The molecule has 2 aliphatic carbocycles. The fourth-order valence-corrected chi connectivity index (χ4v) is 3.76. The van der Waals surface area contributed by atoms with Crippen molar-refractivity contribution in [2.45, 2.75) is 32.2 Å². The number of pyridine rings is 1. The van der Waals surface area contributed by atoms with Crippen LogP contribution in [0.3, 0.4) is 0 Å². The molecule has 92 valence electrons. The fourth-order valence-electron chi connectivity index (χ4n) is 3.52. The van der Waals surface area contributed by atoms with Crippen molar-refractivity contribution in [1.82, 2.24) is 10.3 Å². The summed E-state index contributed by atoms with van der Waals surface area (Å²) in [7, 11) is 0. The van der Waals surface area contributed by atoms with E-state index < -0.39 is 0 Å². The summed E-state index contributed by atoms with van der Waals surface area (Å²) in [5.41, 5.74) is 1.14. The lowest BCUT2D eigenvalue weighted by molar-refractivity contribution is 0.318. The Kier molecular flexibility index (Phi) is 3.48. The van der Waals surface area contributed by atoms with Crippen LogP contribution < -0.4 is 5.32 Å². The minimum atomic E-state index is 0.904. The molecule has 1 N–H and O–H groups in total. The van der Waals surface area contributed by atoms with Gasteiger partial charge in [-0.25, -0.2) is 0 Å². The molecule has 1 aromatic rings. The molecule has 2 bridgehead atoms. The fraction of sp³-hybridized carbons (Fsp3) is 0.643. The predicted molar refractivity (Wildman–Crippen MR) is 72.6 cm³/mol. The lowest BCUT2D eigenvalue weighted by Gasteiger charge is -2.21. The number of aromatic nitrogens is 1. The van der Waals surface area contributed by atoms with Gasteiger partial charge in [-0.2, -0.15) is 0 Å². The van der Waals surface area contributed by atoms with Gasteiger partial charge < -0.3 is 5.32 Å². The van der Waals surface area contributed by atoms with Crippen molar-refractivity contribution in [1.29, 1.82) is 0 Å². The Morgan fingerprint density at radius 3 is 2.88 bits per heavy atom. The highest BCUT2D eigenvalue weighted by Crippen LogP contribution is 2.47. The average Bonchev–Trinajstić information content (AvgIpc) is 2.94. The van der Waals surface area contributed by atoms with Crippen LogP contribution in [-0.2, 0) is 6.54 Å². The lowest BCUT2D eigenvalue weighted by atomic mass is 9.89. The van der Waals surface area contributed by atoms with Crippen LogP contribution in [-0.4, -0.2) is 11.5 Å². The van der Waals surface area contributed by atoms with Gasteiger partial charge >= 0.3 is 0 Å². The zero-order valence-electron chi connectivity index (χ0n) is 10.0. The predicted octanol–water partition coefficient (Wildman–Crippen LogP) is 3.37. The highest BCUT2D eigenvalue weighted by molar-refractivity contribution is 9.10. The first-order valence-corrected chi connectivity index (χ1v) is 7.41. The van der Waals surface area contributed by atoms with Crippen LogP contribution in [0.1, 0.15) is 31.4 Å². The first-order valence-electron chi connectivity index (χ1n) is 6.62. The minimum absolute atomic E-state index is 0.904. The van der Waals surface area contributed by atoms with Crippen LogP contribution >= 0.6 is 15.9 Å². The number of rotatable bonds is 4. The van der Waals surface area contributed by atoms with E-state index >= 15 is 0 Å². The van der Waals surface area contributed by atoms with E-state index in [-0.39, 0.29) is 0 Å². The topological polar surface area (TPSA) is 24.9 Å². The second kappa shape index (κ2) is 5.07. The van der Waals surface area contributed by atoms with E-state index in [4.69, 9.17) is 0 Å². The summed E-state index contributed by atoms with van der Waals surface area (Å²) < 4.78 is 1.05. The number of nitrogens with one attached hydrogen (secondary N) is 1. The van der Waals surface area contributed by atoms with Crippen molar-refractivity contribution in [2.24, 2.45) is 17.8 Å². The monoisotopic (exact) mass is 294 g/mol. The van der Waals surface area contributed by atoms with Crippen molar-refractivity contribution in [3.05, 3.63) is 28.5 Å². The van der Waals surface area contributed by atoms with Crippen LogP contribution in [0, 0.1) is 17.8 Å². The Labute approximate surface area is 111 Å². The van der Waals surface area contributed by atoms with Crippen molar-refractivity contribution in [3.8, 4) is 0 Å². The third kappa shape index (κ3) is 2.71. The lowest BCUT2D eigenvalue weighted by Crippen LogP contribution is -2.26. The molecule has 17 heavy (non-hydrogen) atoms. The van der Waals surface area contributed by atoms with E-state index in [1.165, 1.54) is 32.2 Å². The van der Waals surface area contributed by atoms with Gasteiger partial charge in [0.05, 0.1) is 5.69 Å². The number of hydrogen-bond acceptors (Lipinski definition) is 2. The van der Waals surface area contributed by atoms with Gasteiger partial charge in [0.1, 0.15) is 0 Å². The zero-order valence-corrected chi connectivity index (χ0v) is 11.6. The average molecular weight is 295 g/mol. The molecule has 3 atom stereocenters. The standard InChI is InChI=1S/C14H19BrN2/c15-13-3-4-14(17-8-13)9-16-7-12-6-10-1-2-11(12)5-10/h3-4,8,10-12,16H,1-2,5-7,9H2. The maximum absolute atomic E-state index is 4.38. The summed E-state index contributed by atoms with van der Waals surface area (Å²) in [6.45, 7) is 2.08. The maximum atomic E-state index is 4.38. The van der Waals surface area contributed by atoms with Crippen LogP contribution in [0.15, 0.2) is 22.8 Å². The largest absolute Gasteiger partial charge is 0.311 e. The Hall–Kier alpha value is -0.410. The summed E-state index contributed by atoms with van der Waals surface area (Å²) in [6.07, 6.45) is 7.81. The third-order valence-corrected chi connectivity index (χ3v) is 4.85. The minimum Gasteiger partial charge on any atom is -0.311 e. The third-order valence-electron chi connectivity index (χ3n) is 4.39. The second-order valence-corrected chi connectivity index (χ2v) is 6.45. The molecular formula is C14H19BrN2. The zero-order chi connectivity index (χ0) is 11.7. The van der Waals surface area contributed by atoms with Crippen LogP contribution in [0.2, 0.25) is 0 Å². The molecule has 2 aliphatic rings. The highest BCUT2D eigenvalue weighted by Gasteiger charge is 2.38. The Morgan fingerprint density at radius 1 is 1.29 bits per heavy atom. The normalized spacial score (nSPS) is 31.0. The molecule has 0 saturated heterocycles. The summed E-state index contributed by atoms with van der Waals surface area (Å²) >= 11 is 3.41. The van der Waals surface area contributed by atoms with E-state index in [0.717, 1.165) is 34.5 Å². The smallest absolute Gasteiger partial charge is 0.0542 e. The summed E-state index contributed by atoms with van der Waals surface area (Å²) in [5.74, 6) is 3.01. The van der Waals surface area contributed by atoms with Gasteiger partial charge in [-0.3, -0.25) is 4.98 Å². The molecule has 0 aromatic carbocycles. The van der Waals surface area contributed by atoms with E-state index in [9.17, 15) is 0 Å². The Morgan fingerprint density at radius 2 is 2.24 bits per heavy atom. The first kappa shape index (κ1) is 11.7. The van der Waals surface area contributed by atoms with Crippen LogP contribution in [0.25, 0.3) is 0 Å². The van der Waals surface area contributed by atoms with E-state index in [1.54, 1.807) is 0 Å². The summed E-state index contributed by atoms with van der Waals surface area (Å²) in [6, 6.07) is 4.14. The first-order chi connectivity index (χ1) is 8.31. The van der Waals surface area contributed by atoms with E-state index in [0.29, 0.717) is 0 Å². The molecule has 1 heterocycles. The number of nitrogens with zero attached hydrogens (tertiary/aromatic N) is 1. The van der Waals surface area contributed by atoms with Crippen molar-refractivity contribution >= 4 is 15.9 Å². The molecule has 3 heteroatoms. The molecule has 3 rings (SSSR count). The molecule has 2 fully saturated rings. The van der Waals surface area contributed by atoms with Crippen LogP contribution in [0.4, 0.5) is 0 Å². The molecule has 0 amide bonds. The maximum Gasteiger partial charge on any atom is 0.0542 e. The quantitative estimate of drug-likeness (QED) is 0.921. The number of fused-ring (bicyclic) bond motifs is 2.